The van der Waals surface area contributed by atoms with Crippen LogP contribution in [0.4, 0.5) is 5.69 Å². The Labute approximate surface area is 115 Å². The summed E-state index contributed by atoms with van der Waals surface area (Å²) in [4.78, 5) is 12.8. The van der Waals surface area contributed by atoms with Crippen molar-refractivity contribution in [2.24, 2.45) is 5.73 Å². The number of carbonyl (C=O) groups excluding carboxylic acids is 1. The molecule has 0 aliphatic carbocycles. The maximum absolute atomic E-state index is 12.1. The van der Waals surface area contributed by atoms with Crippen LogP contribution < -0.4 is 11.1 Å². The van der Waals surface area contributed by atoms with Gasteiger partial charge in [-0.3, -0.25) is 4.79 Å². The van der Waals surface area contributed by atoms with E-state index in [2.05, 4.69) is 11.4 Å². The average molecular weight is 271 g/mol. The van der Waals surface area contributed by atoms with E-state index in [1.165, 1.54) is 11.3 Å². The molecule has 1 unspecified atom stereocenters. The summed E-state index contributed by atoms with van der Waals surface area (Å²) in [6.45, 7) is 1.83. The van der Waals surface area contributed by atoms with E-state index < -0.39 is 6.04 Å². The lowest BCUT2D eigenvalue weighted by atomic mass is 10.1. The number of nitriles is 1. The Kier molecular flexibility index (Phi) is 3.95. The summed E-state index contributed by atoms with van der Waals surface area (Å²) in [5.41, 5.74) is 7.67. The third-order valence-electron chi connectivity index (χ3n) is 2.77. The van der Waals surface area contributed by atoms with Gasteiger partial charge in [0, 0.05) is 4.88 Å². The molecule has 1 aromatic carbocycles. The van der Waals surface area contributed by atoms with Gasteiger partial charge >= 0.3 is 0 Å². The molecule has 2 rings (SSSR count). The summed E-state index contributed by atoms with van der Waals surface area (Å²) in [5, 5.41) is 13.7. The number of thiophene rings is 1. The lowest BCUT2D eigenvalue weighted by molar-refractivity contribution is -0.117. The fourth-order valence-corrected chi connectivity index (χ4v) is 2.45. The van der Waals surface area contributed by atoms with Gasteiger partial charge in [-0.25, -0.2) is 0 Å². The predicted octanol–water partition coefficient (Wildman–Crippen LogP) is 2.57. The summed E-state index contributed by atoms with van der Waals surface area (Å²) < 4.78 is 0. The van der Waals surface area contributed by atoms with Crippen LogP contribution in [-0.4, -0.2) is 5.91 Å². The largest absolute Gasteiger partial charge is 0.323 e. The minimum absolute atomic E-state index is 0.315. The van der Waals surface area contributed by atoms with Crippen molar-refractivity contribution < 1.29 is 4.79 Å². The van der Waals surface area contributed by atoms with Crippen LogP contribution in [0.25, 0.3) is 0 Å². The van der Waals surface area contributed by atoms with Crippen molar-refractivity contribution in [1.82, 2.24) is 0 Å². The van der Waals surface area contributed by atoms with Gasteiger partial charge in [0.25, 0.3) is 0 Å². The van der Waals surface area contributed by atoms with Crippen LogP contribution in [0.5, 0.6) is 0 Å². The molecule has 0 fully saturated rings. The van der Waals surface area contributed by atoms with Gasteiger partial charge in [0.05, 0.1) is 11.3 Å². The zero-order chi connectivity index (χ0) is 13.8. The molecule has 1 amide bonds. The van der Waals surface area contributed by atoms with E-state index in [9.17, 15) is 4.79 Å². The Bertz CT molecular complexity index is 629. The first-order chi connectivity index (χ1) is 9.13. The molecule has 0 saturated carbocycles. The first kappa shape index (κ1) is 13.3. The van der Waals surface area contributed by atoms with Crippen molar-refractivity contribution in [2.45, 2.75) is 13.0 Å². The van der Waals surface area contributed by atoms with E-state index >= 15 is 0 Å². The van der Waals surface area contributed by atoms with Crippen molar-refractivity contribution in [2.75, 3.05) is 5.32 Å². The number of anilines is 1. The van der Waals surface area contributed by atoms with Gasteiger partial charge in [0.1, 0.15) is 12.1 Å². The van der Waals surface area contributed by atoms with Gasteiger partial charge < -0.3 is 11.1 Å². The van der Waals surface area contributed by atoms with E-state index in [1.807, 2.05) is 30.5 Å². The topological polar surface area (TPSA) is 78.9 Å². The fraction of sp³-hybridized carbons (Fsp3) is 0.143. The summed E-state index contributed by atoms with van der Waals surface area (Å²) in [7, 11) is 0. The smallest absolute Gasteiger partial charge is 0.246 e. The Morgan fingerprint density at radius 1 is 1.42 bits per heavy atom. The molecule has 0 radical (unpaired) electrons. The first-order valence-corrected chi connectivity index (χ1v) is 6.61. The molecule has 0 spiro atoms. The third kappa shape index (κ3) is 2.81. The number of nitrogens with zero attached hydrogens (tertiary/aromatic N) is 1. The maximum atomic E-state index is 12.1. The molecule has 1 aromatic heterocycles. The number of carbonyl (C=O) groups is 1. The van der Waals surface area contributed by atoms with Crippen LogP contribution in [-0.2, 0) is 4.79 Å². The van der Waals surface area contributed by atoms with E-state index in [1.54, 1.807) is 12.1 Å². The molecule has 1 heterocycles. The van der Waals surface area contributed by atoms with E-state index in [0.29, 0.717) is 11.3 Å². The molecule has 96 valence electrons. The molecule has 3 N–H and O–H groups in total. The molecular weight excluding hydrogens is 258 g/mol. The number of benzene rings is 1. The number of aryl methyl sites for hydroxylation is 1. The highest BCUT2D eigenvalue weighted by Crippen LogP contribution is 2.22. The van der Waals surface area contributed by atoms with Crippen molar-refractivity contribution in [3.05, 3.63) is 51.7 Å². The molecule has 4 nitrogen and oxygen atoms in total. The number of nitrogens with one attached hydrogen (secondary N) is 1. The second-order valence-corrected chi connectivity index (χ2v) is 5.07. The summed E-state index contributed by atoms with van der Waals surface area (Å²) in [5.74, 6) is -0.315. The summed E-state index contributed by atoms with van der Waals surface area (Å²) >= 11 is 1.43. The summed E-state index contributed by atoms with van der Waals surface area (Å²) in [6, 6.07) is 10.4. The molecule has 1 atom stereocenters. The summed E-state index contributed by atoms with van der Waals surface area (Å²) in [6.07, 6.45) is 0. The van der Waals surface area contributed by atoms with Crippen LogP contribution >= 0.6 is 11.3 Å². The number of amides is 1. The van der Waals surface area contributed by atoms with Gasteiger partial charge in [-0.05, 0) is 30.0 Å². The molecule has 0 aliphatic rings. The minimum atomic E-state index is -0.716. The van der Waals surface area contributed by atoms with Crippen molar-refractivity contribution in [3.8, 4) is 6.07 Å². The van der Waals surface area contributed by atoms with Crippen LogP contribution in [0.15, 0.2) is 35.7 Å². The van der Waals surface area contributed by atoms with Crippen molar-refractivity contribution >= 4 is 22.9 Å². The minimum Gasteiger partial charge on any atom is -0.323 e. The highest BCUT2D eigenvalue weighted by atomic mass is 32.1. The van der Waals surface area contributed by atoms with Gasteiger partial charge in [-0.15, -0.1) is 11.3 Å². The molecule has 2 aromatic rings. The van der Waals surface area contributed by atoms with Crippen LogP contribution in [0.3, 0.4) is 0 Å². The number of rotatable bonds is 3. The molecule has 19 heavy (non-hydrogen) atoms. The standard InChI is InChI=1S/C14H13N3OS/c1-9-4-2-5-11(10(9)8-15)17-14(18)13(16)12-6-3-7-19-12/h2-7,13H,16H2,1H3,(H,17,18). The molecule has 0 saturated heterocycles. The Hall–Kier alpha value is -2.16. The third-order valence-corrected chi connectivity index (χ3v) is 3.73. The Balaban J connectivity index is 2.21. The second-order valence-electron chi connectivity index (χ2n) is 4.09. The van der Waals surface area contributed by atoms with E-state index in [0.717, 1.165) is 10.4 Å². The van der Waals surface area contributed by atoms with Gasteiger partial charge in [-0.2, -0.15) is 5.26 Å². The van der Waals surface area contributed by atoms with E-state index in [4.69, 9.17) is 11.0 Å². The van der Waals surface area contributed by atoms with Crippen LogP contribution in [0, 0.1) is 18.3 Å². The lowest BCUT2D eigenvalue weighted by Gasteiger charge is -2.12. The second kappa shape index (κ2) is 5.65. The zero-order valence-electron chi connectivity index (χ0n) is 10.4. The average Bonchev–Trinajstić information content (AvgIpc) is 2.92. The monoisotopic (exact) mass is 271 g/mol. The molecule has 0 bridgehead atoms. The molecule has 5 heteroatoms. The van der Waals surface area contributed by atoms with Crippen LogP contribution in [0.2, 0.25) is 0 Å². The van der Waals surface area contributed by atoms with Gasteiger partial charge in [-0.1, -0.05) is 18.2 Å². The maximum Gasteiger partial charge on any atom is 0.246 e. The number of hydrogen-bond donors (Lipinski definition) is 2. The van der Waals surface area contributed by atoms with Crippen molar-refractivity contribution in [3.63, 3.8) is 0 Å². The highest BCUT2D eigenvalue weighted by Gasteiger charge is 2.18. The van der Waals surface area contributed by atoms with Gasteiger partial charge in [0.2, 0.25) is 5.91 Å². The Morgan fingerprint density at radius 2 is 2.21 bits per heavy atom. The first-order valence-electron chi connectivity index (χ1n) is 5.73. The zero-order valence-corrected chi connectivity index (χ0v) is 11.2. The quantitative estimate of drug-likeness (QED) is 0.900. The van der Waals surface area contributed by atoms with Crippen molar-refractivity contribution in [1.29, 1.82) is 5.26 Å². The van der Waals surface area contributed by atoms with Crippen LogP contribution in [0.1, 0.15) is 22.0 Å². The molecule has 0 aliphatic heterocycles. The molecular formula is C14H13N3OS. The number of hydrogen-bond acceptors (Lipinski definition) is 4. The predicted molar refractivity (Wildman–Crippen MR) is 75.8 cm³/mol. The van der Waals surface area contributed by atoms with Gasteiger partial charge in [0.15, 0.2) is 0 Å². The Morgan fingerprint density at radius 3 is 2.84 bits per heavy atom. The fourth-order valence-electron chi connectivity index (χ4n) is 1.73. The normalized spacial score (nSPS) is 11.6. The highest BCUT2D eigenvalue weighted by molar-refractivity contribution is 7.10. The van der Waals surface area contributed by atoms with E-state index in [-0.39, 0.29) is 5.91 Å². The SMILES string of the molecule is Cc1cccc(NC(=O)C(N)c2cccs2)c1C#N. The number of nitrogens with two attached hydrogens (primary N) is 1. The lowest BCUT2D eigenvalue weighted by Crippen LogP contribution is -2.27.